The van der Waals surface area contributed by atoms with Crippen LogP contribution in [0.2, 0.25) is 0 Å². The fourth-order valence-electron chi connectivity index (χ4n) is 3.40. The van der Waals surface area contributed by atoms with Gasteiger partial charge in [-0.2, -0.15) is 0 Å². The molecule has 0 radical (unpaired) electrons. The summed E-state index contributed by atoms with van der Waals surface area (Å²) in [4.78, 5) is 15.0. The van der Waals surface area contributed by atoms with Crippen LogP contribution in [0.1, 0.15) is 38.4 Å². The van der Waals surface area contributed by atoms with Crippen molar-refractivity contribution in [1.82, 2.24) is 9.47 Å². The zero-order chi connectivity index (χ0) is 18.7. The summed E-state index contributed by atoms with van der Waals surface area (Å²) in [6, 6.07) is 20.5. The van der Waals surface area contributed by atoms with Gasteiger partial charge >= 0.3 is 0 Å². The van der Waals surface area contributed by atoms with E-state index in [1.807, 2.05) is 50.4 Å². The van der Waals surface area contributed by atoms with E-state index in [1.54, 1.807) is 4.90 Å². The van der Waals surface area contributed by atoms with Crippen LogP contribution in [0, 0.1) is 20.8 Å². The van der Waals surface area contributed by atoms with E-state index in [0.29, 0.717) is 13.1 Å². The summed E-state index contributed by atoms with van der Waals surface area (Å²) in [7, 11) is 1.87. The van der Waals surface area contributed by atoms with Crippen LogP contribution in [0.5, 0.6) is 0 Å². The molecule has 134 valence electrons. The minimum atomic E-state index is 0.0630. The van der Waals surface area contributed by atoms with Crippen LogP contribution < -0.4 is 0 Å². The standard InChI is InChI=1S/C23H26N2O/c1-17-10-8-9-13-21(17)16-25-19(3)14-18(2)22(25)23(26)24(4)15-20-11-6-5-7-12-20/h5-14H,15-16H2,1-4H3. The van der Waals surface area contributed by atoms with Gasteiger partial charge in [0.1, 0.15) is 5.69 Å². The van der Waals surface area contributed by atoms with E-state index < -0.39 is 0 Å². The molecule has 0 bridgehead atoms. The Morgan fingerprint density at radius 1 is 0.923 bits per heavy atom. The van der Waals surface area contributed by atoms with Crippen molar-refractivity contribution in [3.8, 4) is 0 Å². The molecular weight excluding hydrogens is 320 g/mol. The second kappa shape index (κ2) is 7.61. The van der Waals surface area contributed by atoms with Crippen LogP contribution >= 0.6 is 0 Å². The zero-order valence-corrected chi connectivity index (χ0v) is 16.0. The molecule has 1 amide bonds. The molecule has 0 spiro atoms. The molecule has 0 aliphatic rings. The molecule has 0 fully saturated rings. The number of aromatic nitrogens is 1. The average molecular weight is 346 g/mol. The molecule has 2 aromatic carbocycles. The van der Waals surface area contributed by atoms with Crippen LogP contribution in [0.25, 0.3) is 0 Å². The fraction of sp³-hybridized carbons (Fsp3) is 0.261. The van der Waals surface area contributed by atoms with E-state index in [-0.39, 0.29) is 5.91 Å². The molecular formula is C23H26N2O. The van der Waals surface area contributed by atoms with Gasteiger partial charge < -0.3 is 9.47 Å². The number of amides is 1. The van der Waals surface area contributed by atoms with Crippen LogP contribution in [0.15, 0.2) is 60.7 Å². The Labute approximate surface area is 155 Å². The second-order valence-electron chi connectivity index (χ2n) is 6.98. The first-order valence-corrected chi connectivity index (χ1v) is 8.98. The van der Waals surface area contributed by atoms with Crippen LogP contribution in [-0.2, 0) is 13.1 Å². The van der Waals surface area contributed by atoms with E-state index in [2.05, 4.69) is 42.7 Å². The third-order valence-electron chi connectivity index (χ3n) is 4.90. The number of hydrogen-bond donors (Lipinski definition) is 0. The number of carbonyl (C=O) groups is 1. The van der Waals surface area contributed by atoms with Gasteiger partial charge in [0.05, 0.1) is 0 Å². The van der Waals surface area contributed by atoms with Crippen LogP contribution in [0.4, 0.5) is 0 Å². The highest BCUT2D eigenvalue weighted by Gasteiger charge is 2.21. The lowest BCUT2D eigenvalue weighted by Crippen LogP contribution is -2.29. The Morgan fingerprint density at radius 3 is 2.27 bits per heavy atom. The molecule has 3 rings (SSSR count). The number of benzene rings is 2. The average Bonchev–Trinajstić information content (AvgIpc) is 2.90. The van der Waals surface area contributed by atoms with Crippen LogP contribution in [-0.4, -0.2) is 22.4 Å². The van der Waals surface area contributed by atoms with E-state index >= 15 is 0 Å². The van der Waals surface area contributed by atoms with Gasteiger partial charge in [0.2, 0.25) is 0 Å². The molecule has 3 heteroatoms. The molecule has 0 atom stereocenters. The van der Waals surface area contributed by atoms with E-state index in [0.717, 1.165) is 22.5 Å². The first-order valence-electron chi connectivity index (χ1n) is 8.98. The summed E-state index contributed by atoms with van der Waals surface area (Å²) in [6.07, 6.45) is 0. The van der Waals surface area contributed by atoms with Crippen molar-refractivity contribution in [2.75, 3.05) is 7.05 Å². The van der Waals surface area contributed by atoms with Gasteiger partial charge in [0, 0.05) is 25.8 Å². The van der Waals surface area contributed by atoms with Crippen molar-refractivity contribution < 1.29 is 4.79 Å². The third kappa shape index (κ3) is 3.72. The molecule has 0 saturated carbocycles. The molecule has 0 aliphatic heterocycles. The predicted octanol–water partition coefficient (Wildman–Crippen LogP) is 4.73. The highest BCUT2D eigenvalue weighted by molar-refractivity contribution is 5.94. The topological polar surface area (TPSA) is 25.2 Å². The van der Waals surface area contributed by atoms with Crippen molar-refractivity contribution in [2.24, 2.45) is 0 Å². The lowest BCUT2D eigenvalue weighted by atomic mass is 10.1. The Balaban J connectivity index is 1.89. The Bertz CT molecular complexity index is 909. The number of aryl methyl sites for hydroxylation is 3. The van der Waals surface area contributed by atoms with Crippen LogP contribution in [0.3, 0.4) is 0 Å². The van der Waals surface area contributed by atoms with E-state index in [1.165, 1.54) is 11.1 Å². The summed E-state index contributed by atoms with van der Waals surface area (Å²) >= 11 is 0. The summed E-state index contributed by atoms with van der Waals surface area (Å²) in [5.74, 6) is 0.0630. The number of hydrogen-bond acceptors (Lipinski definition) is 1. The van der Waals surface area contributed by atoms with E-state index in [9.17, 15) is 4.79 Å². The molecule has 0 saturated heterocycles. The second-order valence-corrected chi connectivity index (χ2v) is 6.98. The summed E-state index contributed by atoms with van der Waals surface area (Å²) in [5.41, 5.74) is 6.54. The van der Waals surface area contributed by atoms with Crippen molar-refractivity contribution in [1.29, 1.82) is 0 Å². The highest BCUT2D eigenvalue weighted by atomic mass is 16.2. The maximum atomic E-state index is 13.2. The van der Waals surface area contributed by atoms with Gasteiger partial charge in [-0.3, -0.25) is 4.79 Å². The Hall–Kier alpha value is -2.81. The molecule has 0 unspecified atom stereocenters. The SMILES string of the molecule is Cc1ccccc1Cn1c(C)cc(C)c1C(=O)N(C)Cc1ccccc1. The molecule has 0 aliphatic carbocycles. The Kier molecular flexibility index (Phi) is 5.27. The molecule has 3 nitrogen and oxygen atoms in total. The quantitative estimate of drug-likeness (QED) is 0.655. The Morgan fingerprint density at radius 2 is 1.58 bits per heavy atom. The first-order chi connectivity index (χ1) is 12.5. The minimum Gasteiger partial charge on any atom is -0.336 e. The van der Waals surface area contributed by atoms with Gasteiger partial charge in [-0.15, -0.1) is 0 Å². The molecule has 1 aromatic heterocycles. The fourth-order valence-corrected chi connectivity index (χ4v) is 3.40. The van der Waals surface area contributed by atoms with Crippen molar-refractivity contribution in [3.05, 3.63) is 94.3 Å². The zero-order valence-electron chi connectivity index (χ0n) is 16.0. The van der Waals surface area contributed by atoms with Gasteiger partial charge in [-0.25, -0.2) is 0 Å². The lowest BCUT2D eigenvalue weighted by Gasteiger charge is -2.20. The highest BCUT2D eigenvalue weighted by Crippen LogP contribution is 2.21. The smallest absolute Gasteiger partial charge is 0.270 e. The van der Waals surface area contributed by atoms with Crippen molar-refractivity contribution in [2.45, 2.75) is 33.9 Å². The maximum Gasteiger partial charge on any atom is 0.270 e. The molecule has 26 heavy (non-hydrogen) atoms. The molecule has 3 aromatic rings. The maximum absolute atomic E-state index is 13.2. The summed E-state index contributed by atoms with van der Waals surface area (Å²) < 4.78 is 2.14. The molecule has 0 N–H and O–H groups in total. The normalized spacial score (nSPS) is 10.8. The summed E-state index contributed by atoms with van der Waals surface area (Å²) in [6.45, 7) is 7.52. The molecule has 1 heterocycles. The number of nitrogens with zero attached hydrogens (tertiary/aromatic N) is 2. The summed E-state index contributed by atoms with van der Waals surface area (Å²) in [5, 5.41) is 0. The lowest BCUT2D eigenvalue weighted by molar-refractivity contribution is 0.0774. The van der Waals surface area contributed by atoms with Gasteiger partial charge in [0.25, 0.3) is 5.91 Å². The minimum absolute atomic E-state index is 0.0630. The van der Waals surface area contributed by atoms with Gasteiger partial charge in [0.15, 0.2) is 0 Å². The van der Waals surface area contributed by atoms with Gasteiger partial charge in [-0.05, 0) is 49.1 Å². The largest absolute Gasteiger partial charge is 0.336 e. The van der Waals surface area contributed by atoms with Gasteiger partial charge in [-0.1, -0.05) is 54.6 Å². The number of carbonyl (C=O) groups excluding carboxylic acids is 1. The predicted molar refractivity (Wildman–Crippen MR) is 106 cm³/mol. The number of rotatable bonds is 5. The first kappa shape index (κ1) is 18.0. The third-order valence-corrected chi connectivity index (χ3v) is 4.90. The van der Waals surface area contributed by atoms with Crippen molar-refractivity contribution in [3.63, 3.8) is 0 Å². The monoisotopic (exact) mass is 346 g/mol. The van der Waals surface area contributed by atoms with Crippen molar-refractivity contribution >= 4 is 5.91 Å². The van der Waals surface area contributed by atoms with E-state index in [4.69, 9.17) is 0 Å².